The summed E-state index contributed by atoms with van der Waals surface area (Å²) in [5.74, 6) is 0. The van der Waals surface area contributed by atoms with E-state index in [1.165, 1.54) is 0 Å². The molecule has 1 unspecified atom stereocenters. The predicted molar refractivity (Wildman–Crippen MR) is 47.8 cm³/mol. The molecule has 0 aliphatic heterocycles. The Balaban J connectivity index is -0.000000320. The van der Waals surface area contributed by atoms with Gasteiger partial charge in [-0.2, -0.15) is 0 Å². The number of likely N-dealkylation sites (N-methyl/N-ethyl adjacent to an activating group) is 1. The van der Waals surface area contributed by atoms with Crippen molar-refractivity contribution in [3.05, 3.63) is 0 Å². The fraction of sp³-hybridized carbons (Fsp3) is 1.00. The molecule has 0 saturated carbocycles. The van der Waals surface area contributed by atoms with E-state index in [2.05, 4.69) is 21.1 Å². The Morgan fingerprint density at radius 1 is 1.36 bits per heavy atom. The van der Waals surface area contributed by atoms with Crippen LogP contribution in [0.1, 0.15) is 0 Å². The van der Waals surface area contributed by atoms with Gasteiger partial charge in [-0.05, 0) is 0 Å². The van der Waals surface area contributed by atoms with Crippen LogP contribution in [0.3, 0.4) is 0 Å². The molecule has 0 aliphatic rings. The van der Waals surface area contributed by atoms with Crippen LogP contribution in [0.4, 0.5) is 0 Å². The maximum atomic E-state index is 9.87. The second-order valence-electron chi connectivity index (χ2n) is 2.98. The van der Waals surface area contributed by atoms with Crippen molar-refractivity contribution in [2.24, 2.45) is 0 Å². The normalized spacial score (nSPS) is 10.8. The molecule has 0 heterocycles. The van der Waals surface area contributed by atoms with Crippen molar-refractivity contribution < 1.29 is 26.0 Å². The molecule has 0 fully saturated rings. The summed E-state index contributed by atoms with van der Waals surface area (Å²) in [6.45, 7) is 1.51. The van der Waals surface area contributed by atoms with Crippen LogP contribution in [0.25, 0.3) is 0 Å². The van der Waals surface area contributed by atoms with Gasteiger partial charge in [0.1, 0.15) is 13.2 Å². The van der Waals surface area contributed by atoms with Gasteiger partial charge in [0.25, 0.3) is 0 Å². The van der Waals surface area contributed by atoms with Crippen molar-refractivity contribution in [1.29, 1.82) is 0 Å². The van der Waals surface area contributed by atoms with Crippen molar-refractivity contribution in [2.45, 2.75) is 0 Å². The van der Waals surface area contributed by atoms with Crippen LogP contribution < -0.4 is 12.4 Å². The molecule has 0 radical (unpaired) electrons. The molecular weight excluding hydrogens is 213 g/mol. The van der Waals surface area contributed by atoms with Gasteiger partial charge in [-0.1, -0.05) is 0 Å². The van der Waals surface area contributed by atoms with Crippen molar-refractivity contribution in [3.8, 4) is 0 Å². The Labute approximate surface area is 106 Å². The van der Waals surface area contributed by atoms with Crippen molar-refractivity contribution in [2.75, 3.05) is 34.3 Å². The van der Waals surface area contributed by atoms with Crippen molar-refractivity contribution in [3.63, 3.8) is 0 Å². The van der Waals surface area contributed by atoms with E-state index in [9.17, 15) is 4.57 Å². The number of halogens is 1. The fourth-order valence-corrected chi connectivity index (χ4v) is 0.576. The van der Waals surface area contributed by atoms with E-state index in [1.807, 2.05) is 0 Å². The SMILES string of the molecule is C[N+](C)(C)CCO[PH2]=O.[CaH2].[Cl-]. The van der Waals surface area contributed by atoms with E-state index in [1.54, 1.807) is 0 Å². The number of nitrogens with zero attached hydrogens (tertiary/aromatic N) is 1. The van der Waals surface area contributed by atoms with E-state index in [0.717, 1.165) is 11.0 Å². The molecule has 0 N–H and O–H groups in total. The van der Waals surface area contributed by atoms with Crippen LogP contribution >= 0.6 is 8.69 Å². The summed E-state index contributed by atoms with van der Waals surface area (Å²) in [6.07, 6.45) is 0. The fourth-order valence-electron chi connectivity index (χ4n) is 0.375. The van der Waals surface area contributed by atoms with E-state index in [-0.39, 0.29) is 50.1 Å². The minimum absolute atomic E-state index is 0. The largest absolute Gasteiger partial charge is 1.00 e. The third kappa shape index (κ3) is 18.6. The van der Waals surface area contributed by atoms with Crippen LogP contribution in [0, 0.1) is 0 Å². The second-order valence-corrected chi connectivity index (χ2v) is 3.51. The first kappa shape index (κ1) is 18.5. The average Bonchev–Trinajstić information content (AvgIpc) is 1.63. The summed E-state index contributed by atoms with van der Waals surface area (Å²) in [5.41, 5.74) is 0. The second kappa shape index (κ2) is 9.79. The molecule has 0 aromatic rings. The third-order valence-electron chi connectivity index (χ3n) is 0.948. The maximum Gasteiger partial charge on any atom is -1.00 e. The number of hydrogen-bond acceptors (Lipinski definition) is 2. The summed E-state index contributed by atoms with van der Waals surface area (Å²) in [4.78, 5) is 0. The van der Waals surface area contributed by atoms with Crippen molar-refractivity contribution in [1.82, 2.24) is 0 Å². The number of quaternary nitrogens is 1. The Morgan fingerprint density at radius 3 is 2.09 bits per heavy atom. The van der Waals surface area contributed by atoms with Crippen LogP contribution in [-0.2, 0) is 9.09 Å². The van der Waals surface area contributed by atoms with Crippen LogP contribution in [0.15, 0.2) is 0 Å². The van der Waals surface area contributed by atoms with Gasteiger partial charge in [0, 0.05) is 0 Å². The minimum Gasteiger partial charge on any atom is -1.00 e. The van der Waals surface area contributed by atoms with Crippen molar-refractivity contribution >= 4 is 46.4 Å². The van der Waals surface area contributed by atoms with Gasteiger partial charge in [-0.25, -0.2) is 0 Å². The molecule has 0 spiro atoms. The van der Waals surface area contributed by atoms with Crippen LogP contribution in [0.2, 0.25) is 0 Å². The van der Waals surface area contributed by atoms with Gasteiger partial charge in [-0.15, -0.1) is 0 Å². The van der Waals surface area contributed by atoms with E-state index >= 15 is 0 Å². The zero-order valence-corrected chi connectivity index (χ0v) is 8.54. The molecule has 6 heteroatoms. The van der Waals surface area contributed by atoms with Gasteiger partial charge in [0.05, 0.1) is 21.1 Å². The summed E-state index contributed by atoms with van der Waals surface area (Å²) < 4.78 is 15.5. The zero-order valence-electron chi connectivity index (χ0n) is 6.63. The van der Waals surface area contributed by atoms with Crippen LogP contribution in [0.5, 0.6) is 0 Å². The van der Waals surface area contributed by atoms with Gasteiger partial charge in [0.2, 0.25) is 0 Å². The third-order valence-corrected chi connectivity index (χ3v) is 1.32. The van der Waals surface area contributed by atoms with E-state index < -0.39 is 8.69 Å². The molecule has 3 nitrogen and oxygen atoms in total. The topological polar surface area (TPSA) is 26.3 Å². The molecule has 0 aliphatic carbocycles. The molecule has 0 rings (SSSR count). The Morgan fingerprint density at radius 2 is 1.82 bits per heavy atom. The number of rotatable bonds is 4. The predicted octanol–water partition coefficient (Wildman–Crippen LogP) is -3.53. The van der Waals surface area contributed by atoms with Gasteiger partial charge < -0.3 is 21.4 Å². The van der Waals surface area contributed by atoms with E-state index in [0.29, 0.717) is 6.61 Å². The summed E-state index contributed by atoms with van der Waals surface area (Å²) in [7, 11) is 5.20. The van der Waals surface area contributed by atoms with Gasteiger partial charge >= 0.3 is 37.7 Å². The molecule has 1 atom stereocenters. The monoisotopic (exact) mass is 229 g/mol. The smallest absolute Gasteiger partial charge is 1.00 e. The molecule has 0 aromatic heterocycles. The molecule has 11 heavy (non-hydrogen) atoms. The molecule has 68 valence electrons. The molecule has 0 bridgehead atoms. The standard InChI is InChI=1S/C5H15NO2P.Ca.ClH.2H/c1-6(2,3)4-5-8-9-7;;;;/h4-5,9H2,1-3H3;;1H;;/q+1;;;;/p-1. The number of hydrogen-bond donors (Lipinski definition) is 0. The molecule has 0 saturated heterocycles. The van der Waals surface area contributed by atoms with Gasteiger partial charge in [0.15, 0.2) is 8.69 Å². The van der Waals surface area contributed by atoms with E-state index in [4.69, 9.17) is 4.52 Å². The zero-order chi connectivity index (χ0) is 7.33. The molecular formula is C5H17CaClNO2P. The minimum atomic E-state index is -1.02. The quantitative estimate of drug-likeness (QED) is 0.216. The Kier molecular flexibility index (Phi) is 16.4. The first-order chi connectivity index (χ1) is 4.06. The first-order valence-corrected chi connectivity index (χ1v) is 3.86. The molecule has 0 amide bonds. The first-order valence-electron chi connectivity index (χ1n) is 2.92. The average molecular weight is 230 g/mol. The summed E-state index contributed by atoms with van der Waals surface area (Å²) in [5, 5.41) is 0. The Hall–Kier alpha value is 1.70. The molecule has 0 aromatic carbocycles. The maximum absolute atomic E-state index is 9.87. The van der Waals surface area contributed by atoms with Gasteiger partial charge in [-0.3, -0.25) is 4.57 Å². The summed E-state index contributed by atoms with van der Waals surface area (Å²) >= 11 is 0. The Bertz CT molecular complexity index is 99.0. The van der Waals surface area contributed by atoms with Crippen LogP contribution in [-0.4, -0.2) is 76.5 Å². The summed E-state index contributed by atoms with van der Waals surface area (Å²) in [6, 6.07) is 0.